The Morgan fingerprint density at radius 1 is 0.955 bits per heavy atom. The Balaban J connectivity index is 5.63. The largest absolute Gasteiger partial charge is 0.460 e. The Morgan fingerprint density at radius 2 is 1.41 bits per heavy atom. The van der Waals surface area contributed by atoms with Crippen LogP contribution in [0.1, 0.15) is 0 Å². The van der Waals surface area contributed by atoms with Gasteiger partial charge in [0.05, 0.1) is 0 Å². The third kappa shape index (κ3) is 4.35. The van der Waals surface area contributed by atoms with Crippen molar-refractivity contribution in [3.63, 3.8) is 0 Å². The van der Waals surface area contributed by atoms with E-state index >= 15 is 0 Å². The zero-order valence-electron chi connectivity index (χ0n) is 10.0. The minimum absolute atomic E-state index is 0.605. The average molecular weight is 348 g/mol. The molecule has 0 amide bonds. The first-order valence-corrected chi connectivity index (χ1v) is 4.83. The van der Waals surface area contributed by atoms with E-state index in [1.165, 1.54) is 0 Å². The van der Waals surface area contributed by atoms with Crippen LogP contribution in [0.4, 0.5) is 39.5 Å². The summed E-state index contributed by atoms with van der Waals surface area (Å²) >= 11 is 0. The van der Waals surface area contributed by atoms with Gasteiger partial charge in [-0.25, -0.2) is 4.79 Å². The van der Waals surface area contributed by atoms with Crippen molar-refractivity contribution in [3.05, 3.63) is 12.7 Å². The van der Waals surface area contributed by atoms with E-state index in [0.29, 0.717) is 6.08 Å². The van der Waals surface area contributed by atoms with Crippen LogP contribution in [0.2, 0.25) is 0 Å². The zero-order chi connectivity index (χ0) is 18.0. The summed E-state index contributed by atoms with van der Waals surface area (Å²) in [6.07, 6.45) is -18.6. The number of hydrogen-bond acceptors (Lipinski definition) is 4. The number of alkyl halides is 9. The first kappa shape index (κ1) is 20.2. The molecular formula is C9H5F9O4. The lowest BCUT2D eigenvalue weighted by Crippen LogP contribution is -2.57. The van der Waals surface area contributed by atoms with Crippen LogP contribution in [0.15, 0.2) is 12.7 Å². The molecule has 0 spiro atoms. The molecule has 0 bridgehead atoms. The molecule has 0 heterocycles. The summed E-state index contributed by atoms with van der Waals surface area (Å²) in [5, 5.41) is 0. The molecule has 0 radical (unpaired) electrons. The standard InChI is InChI=1S/C9H5F9O4/c1-2-3-21-5(20)6(10,9(16,17)18)22-8(14,15)4(19)7(11,12)13/h2H,1,3H2. The van der Waals surface area contributed by atoms with E-state index in [-0.39, 0.29) is 0 Å². The fourth-order valence-electron chi connectivity index (χ4n) is 0.831. The maximum absolute atomic E-state index is 13.4. The molecule has 1 unspecified atom stereocenters. The molecule has 4 nitrogen and oxygen atoms in total. The third-order valence-electron chi connectivity index (χ3n) is 1.75. The second-order valence-corrected chi connectivity index (χ2v) is 3.43. The number of esters is 1. The van der Waals surface area contributed by atoms with Crippen LogP contribution in [-0.4, -0.2) is 42.7 Å². The summed E-state index contributed by atoms with van der Waals surface area (Å²) in [6.45, 7) is 1.74. The van der Waals surface area contributed by atoms with Crippen LogP contribution < -0.4 is 0 Å². The third-order valence-corrected chi connectivity index (χ3v) is 1.75. The van der Waals surface area contributed by atoms with Crippen molar-refractivity contribution in [1.82, 2.24) is 0 Å². The minimum atomic E-state index is -6.55. The highest BCUT2D eigenvalue weighted by atomic mass is 19.4. The molecule has 0 saturated heterocycles. The zero-order valence-corrected chi connectivity index (χ0v) is 10.0. The molecule has 0 aliphatic rings. The molecule has 128 valence electrons. The van der Waals surface area contributed by atoms with Crippen LogP contribution in [0.25, 0.3) is 0 Å². The fourth-order valence-corrected chi connectivity index (χ4v) is 0.831. The fraction of sp³-hybridized carbons (Fsp3) is 0.556. The number of ether oxygens (including phenoxy) is 2. The molecule has 0 aromatic heterocycles. The molecule has 1 atom stereocenters. The first-order valence-electron chi connectivity index (χ1n) is 4.83. The van der Waals surface area contributed by atoms with Crippen LogP contribution in [-0.2, 0) is 19.1 Å². The Bertz CT molecular complexity index is 453. The van der Waals surface area contributed by atoms with E-state index in [1.54, 1.807) is 0 Å². The summed E-state index contributed by atoms with van der Waals surface area (Å²) in [5.74, 6) is -13.3. The monoisotopic (exact) mass is 348 g/mol. The number of rotatable bonds is 6. The Labute approximate surface area is 115 Å². The molecule has 0 aliphatic heterocycles. The van der Waals surface area contributed by atoms with Gasteiger partial charge >= 0.3 is 36.1 Å². The predicted molar refractivity (Wildman–Crippen MR) is 48.1 cm³/mol. The summed E-state index contributed by atoms with van der Waals surface area (Å²) in [5.41, 5.74) is 0. The van der Waals surface area contributed by atoms with Gasteiger partial charge in [0.25, 0.3) is 0 Å². The number of ketones is 1. The quantitative estimate of drug-likeness (QED) is 0.421. The maximum Gasteiger partial charge on any atom is 0.460 e. The summed E-state index contributed by atoms with van der Waals surface area (Å²) < 4.78 is 117. The van der Waals surface area contributed by atoms with Gasteiger partial charge in [0, 0.05) is 0 Å². The van der Waals surface area contributed by atoms with E-state index in [2.05, 4.69) is 16.1 Å². The van der Waals surface area contributed by atoms with Gasteiger partial charge in [-0.05, 0) is 0 Å². The summed E-state index contributed by atoms with van der Waals surface area (Å²) in [6, 6.07) is 0. The molecule has 0 saturated carbocycles. The van der Waals surface area contributed by atoms with E-state index in [1.807, 2.05) is 0 Å². The lowest BCUT2D eigenvalue weighted by Gasteiger charge is -2.28. The van der Waals surface area contributed by atoms with Gasteiger partial charge in [0.1, 0.15) is 6.61 Å². The van der Waals surface area contributed by atoms with Crippen molar-refractivity contribution < 1.29 is 58.6 Å². The van der Waals surface area contributed by atoms with Gasteiger partial charge in [0.15, 0.2) is 0 Å². The highest BCUT2D eigenvalue weighted by Gasteiger charge is 2.72. The SMILES string of the molecule is C=CCOC(=O)C(F)(OC(F)(F)C(=O)C(F)(F)F)C(F)(F)F. The summed E-state index contributed by atoms with van der Waals surface area (Å²) in [4.78, 5) is 21.0. The van der Waals surface area contributed by atoms with Crippen molar-refractivity contribution in [3.8, 4) is 0 Å². The molecule has 0 N–H and O–H groups in total. The van der Waals surface area contributed by atoms with Gasteiger partial charge in [-0.15, -0.1) is 0 Å². The Morgan fingerprint density at radius 3 is 1.73 bits per heavy atom. The lowest BCUT2D eigenvalue weighted by atomic mass is 10.2. The molecule has 0 rings (SSSR count). The summed E-state index contributed by atoms with van der Waals surface area (Å²) in [7, 11) is 0. The number of carbonyl (C=O) groups excluding carboxylic acids is 2. The van der Waals surface area contributed by atoms with Crippen molar-refractivity contribution in [2.24, 2.45) is 0 Å². The number of halogens is 9. The normalized spacial score (nSPS) is 15.9. The van der Waals surface area contributed by atoms with Crippen LogP contribution >= 0.6 is 0 Å². The average Bonchev–Trinajstić information content (AvgIpc) is 2.31. The van der Waals surface area contributed by atoms with E-state index in [9.17, 15) is 49.1 Å². The maximum atomic E-state index is 13.4. The van der Waals surface area contributed by atoms with Crippen molar-refractivity contribution >= 4 is 11.8 Å². The number of carbonyl (C=O) groups is 2. The molecule has 0 fully saturated rings. The molecule has 0 aromatic carbocycles. The molecule has 0 aromatic rings. The van der Waals surface area contributed by atoms with Gasteiger partial charge in [-0.2, -0.15) is 39.5 Å². The minimum Gasteiger partial charge on any atom is -0.457 e. The highest BCUT2D eigenvalue weighted by Crippen LogP contribution is 2.42. The van der Waals surface area contributed by atoms with Crippen molar-refractivity contribution in [2.45, 2.75) is 24.3 Å². The lowest BCUT2D eigenvalue weighted by molar-refractivity contribution is -0.390. The van der Waals surface area contributed by atoms with Crippen molar-refractivity contribution in [1.29, 1.82) is 0 Å². The van der Waals surface area contributed by atoms with Crippen LogP contribution in [0.3, 0.4) is 0 Å². The molecule has 0 aliphatic carbocycles. The van der Waals surface area contributed by atoms with Crippen molar-refractivity contribution in [2.75, 3.05) is 6.61 Å². The molecule has 13 heteroatoms. The van der Waals surface area contributed by atoms with Gasteiger partial charge in [-0.3, -0.25) is 9.53 Å². The number of hydrogen-bond donors (Lipinski definition) is 0. The molecule has 22 heavy (non-hydrogen) atoms. The number of Topliss-reactive ketones (excluding diaryl/α,β-unsaturated/α-hetero) is 1. The second-order valence-electron chi connectivity index (χ2n) is 3.43. The van der Waals surface area contributed by atoms with Crippen LogP contribution in [0.5, 0.6) is 0 Å². The van der Waals surface area contributed by atoms with Crippen LogP contribution in [0, 0.1) is 0 Å². The topological polar surface area (TPSA) is 52.6 Å². The van der Waals surface area contributed by atoms with E-state index < -0.39 is 42.7 Å². The van der Waals surface area contributed by atoms with E-state index in [0.717, 1.165) is 0 Å². The molecular weight excluding hydrogens is 343 g/mol. The van der Waals surface area contributed by atoms with E-state index in [4.69, 9.17) is 0 Å². The van der Waals surface area contributed by atoms with Gasteiger partial charge in [-0.1, -0.05) is 12.7 Å². The Kier molecular flexibility index (Phi) is 5.64. The smallest absolute Gasteiger partial charge is 0.457 e. The second kappa shape index (κ2) is 6.14. The van der Waals surface area contributed by atoms with Gasteiger partial charge < -0.3 is 4.74 Å². The highest BCUT2D eigenvalue weighted by molar-refractivity contribution is 5.90. The van der Waals surface area contributed by atoms with Gasteiger partial charge in [0.2, 0.25) is 0 Å². The Hall–Kier alpha value is -1.79. The first-order chi connectivity index (χ1) is 9.59. The predicted octanol–water partition coefficient (Wildman–Crippen LogP) is 2.68.